The highest BCUT2D eigenvalue weighted by Gasteiger charge is 2.23. The zero-order valence-electron chi connectivity index (χ0n) is 13.6. The summed E-state index contributed by atoms with van der Waals surface area (Å²) in [6.07, 6.45) is 3.11. The zero-order valence-corrected chi connectivity index (χ0v) is 13.6. The van der Waals surface area contributed by atoms with Gasteiger partial charge in [-0.3, -0.25) is 4.79 Å². The van der Waals surface area contributed by atoms with Crippen LogP contribution in [0.2, 0.25) is 0 Å². The Morgan fingerprint density at radius 2 is 1.71 bits per heavy atom. The number of ketones is 1. The normalized spacial score (nSPS) is 11.1. The van der Waals surface area contributed by atoms with Crippen LogP contribution in [0.25, 0.3) is 6.08 Å². The van der Waals surface area contributed by atoms with Gasteiger partial charge in [-0.25, -0.2) is 4.79 Å². The molecule has 4 heteroatoms. The molecule has 0 bridgehead atoms. The molecule has 2 aromatic rings. The van der Waals surface area contributed by atoms with Gasteiger partial charge < -0.3 is 9.84 Å². The van der Waals surface area contributed by atoms with Crippen molar-refractivity contribution in [1.82, 2.24) is 0 Å². The highest BCUT2D eigenvalue weighted by molar-refractivity contribution is 6.27. The molecule has 0 unspecified atom stereocenters. The minimum atomic E-state index is -0.680. The first-order chi connectivity index (χ1) is 11.6. The van der Waals surface area contributed by atoms with Gasteiger partial charge in [0.05, 0.1) is 12.2 Å². The lowest BCUT2D eigenvalue weighted by Gasteiger charge is -2.09. The lowest BCUT2D eigenvalue weighted by atomic mass is 10.00. The Kier molecular flexibility index (Phi) is 6.32. The van der Waals surface area contributed by atoms with E-state index in [1.807, 2.05) is 25.1 Å². The summed E-state index contributed by atoms with van der Waals surface area (Å²) in [5.41, 5.74) is 0.689. The number of aromatic hydroxyl groups is 1. The summed E-state index contributed by atoms with van der Waals surface area (Å²) in [6.45, 7) is 2.25. The summed E-state index contributed by atoms with van der Waals surface area (Å²) in [5.74, 6) is -1.40. The molecule has 0 aromatic heterocycles. The third kappa shape index (κ3) is 4.56. The number of para-hydroxylation sites is 1. The maximum Gasteiger partial charge on any atom is 0.342 e. The van der Waals surface area contributed by atoms with Crippen LogP contribution >= 0.6 is 0 Å². The van der Waals surface area contributed by atoms with Crippen LogP contribution < -0.4 is 0 Å². The fraction of sp³-hybridized carbons (Fsp3) is 0.200. The largest absolute Gasteiger partial charge is 0.507 e. The van der Waals surface area contributed by atoms with Crippen LogP contribution in [0, 0.1) is 0 Å². The molecule has 0 aliphatic carbocycles. The van der Waals surface area contributed by atoms with Crippen LogP contribution in [-0.2, 0) is 9.53 Å². The molecule has 124 valence electrons. The van der Waals surface area contributed by atoms with Gasteiger partial charge in [-0.15, -0.1) is 0 Å². The number of phenolic OH excluding ortho intramolecular Hbond substituents is 1. The molecule has 0 spiro atoms. The molecule has 0 radical (unpaired) electrons. The summed E-state index contributed by atoms with van der Waals surface area (Å²) in [7, 11) is 0. The Morgan fingerprint density at radius 3 is 2.38 bits per heavy atom. The average Bonchev–Trinajstić information content (AvgIpc) is 2.60. The van der Waals surface area contributed by atoms with Crippen molar-refractivity contribution >= 4 is 17.8 Å². The second kappa shape index (κ2) is 8.67. The maximum atomic E-state index is 12.7. The second-order valence-electron chi connectivity index (χ2n) is 5.30. The van der Waals surface area contributed by atoms with Gasteiger partial charge in [-0.05, 0) is 30.2 Å². The number of unbranched alkanes of at least 4 members (excludes halogenated alkanes) is 1. The van der Waals surface area contributed by atoms with Gasteiger partial charge in [0.2, 0.25) is 5.78 Å². The molecule has 1 N–H and O–H groups in total. The Labute approximate surface area is 141 Å². The second-order valence-corrected chi connectivity index (χ2v) is 5.30. The molecule has 0 amide bonds. The minimum Gasteiger partial charge on any atom is -0.507 e. The molecule has 0 saturated carbocycles. The highest BCUT2D eigenvalue weighted by atomic mass is 16.5. The Morgan fingerprint density at radius 1 is 1.04 bits per heavy atom. The van der Waals surface area contributed by atoms with Gasteiger partial charge in [-0.2, -0.15) is 0 Å². The topological polar surface area (TPSA) is 63.6 Å². The number of carbonyl (C=O) groups is 2. The molecule has 4 nitrogen and oxygen atoms in total. The Bertz CT molecular complexity index is 732. The van der Waals surface area contributed by atoms with Gasteiger partial charge in [0.25, 0.3) is 0 Å². The van der Waals surface area contributed by atoms with Crippen molar-refractivity contribution in [3.05, 3.63) is 71.3 Å². The number of hydrogen-bond donors (Lipinski definition) is 1. The van der Waals surface area contributed by atoms with Crippen LogP contribution in [0.15, 0.2) is 60.2 Å². The van der Waals surface area contributed by atoms with E-state index in [-0.39, 0.29) is 23.5 Å². The van der Waals surface area contributed by atoms with Gasteiger partial charge in [0.1, 0.15) is 11.3 Å². The molecule has 0 aliphatic heterocycles. The monoisotopic (exact) mass is 324 g/mol. The van der Waals surface area contributed by atoms with Crippen molar-refractivity contribution in [3.63, 3.8) is 0 Å². The fourth-order valence-electron chi connectivity index (χ4n) is 2.13. The van der Waals surface area contributed by atoms with Crippen molar-refractivity contribution in [3.8, 4) is 5.75 Å². The number of Topliss-reactive ketones (excluding diaryl/α,β-unsaturated/α-hetero) is 1. The standard InChI is InChI=1S/C20H20O4/c1-2-3-13-24-20(23)17(14-15-9-5-4-6-10-15)19(22)16-11-7-8-12-18(16)21/h4-12,14,21H,2-3,13H2,1H3/b17-14-. The molecule has 24 heavy (non-hydrogen) atoms. The number of hydrogen-bond acceptors (Lipinski definition) is 4. The third-order valence-electron chi connectivity index (χ3n) is 3.45. The van der Waals surface area contributed by atoms with Crippen LogP contribution in [0.3, 0.4) is 0 Å². The molecule has 0 heterocycles. The van der Waals surface area contributed by atoms with E-state index in [2.05, 4.69) is 0 Å². The number of carbonyl (C=O) groups excluding carboxylic acids is 2. The van der Waals surface area contributed by atoms with Crippen molar-refractivity contribution in [2.45, 2.75) is 19.8 Å². The van der Waals surface area contributed by atoms with Crippen molar-refractivity contribution in [1.29, 1.82) is 0 Å². The van der Waals surface area contributed by atoms with E-state index >= 15 is 0 Å². The van der Waals surface area contributed by atoms with E-state index in [9.17, 15) is 14.7 Å². The maximum absolute atomic E-state index is 12.7. The van der Waals surface area contributed by atoms with E-state index < -0.39 is 11.8 Å². The van der Waals surface area contributed by atoms with Crippen molar-refractivity contribution in [2.24, 2.45) is 0 Å². The van der Waals surface area contributed by atoms with Gasteiger partial charge >= 0.3 is 5.97 Å². The molecule has 0 atom stereocenters. The summed E-state index contributed by atoms with van der Waals surface area (Å²) < 4.78 is 5.19. The number of rotatable bonds is 7. The lowest BCUT2D eigenvalue weighted by Crippen LogP contribution is -2.17. The molecule has 0 saturated heterocycles. The molecular formula is C20H20O4. The first kappa shape index (κ1) is 17.5. The van der Waals surface area contributed by atoms with Gasteiger partial charge in [0, 0.05) is 0 Å². The van der Waals surface area contributed by atoms with E-state index in [0.717, 1.165) is 12.8 Å². The molecule has 2 rings (SSSR count). The smallest absolute Gasteiger partial charge is 0.342 e. The fourth-order valence-corrected chi connectivity index (χ4v) is 2.13. The first-order valence-corrected chi connectivity index (χ1v) is 7.90. The molecule has 0 aliphatic rings. The van der Waals surface area contributed by atoms with E-state index in [4.69, 9.17) is 4.74 Å². The predicted molar refractivity (Wildman–Crippen MR) is 92.7 cm³/mol. The predicted octanol–water partition coefficient (Wildman–Crippen LogP) is 4.00. The number of ether oxygens (including phenoxy) is 1. The SMILES string of the molecule is CCCCOC(=O)/C(=C\c1ccccc1)C(=O)c1ccccc1O. The van der Waals surface area contributed by atoms with Crippen LogP contribution in [0.4, 0.5) is 0 Å². The summed E-state index contributed by atoms with van der Waals surface area (Å²) in [5, 5.41) is 9.89. The molecular weight excluding hydrogens is 304 g/mol. The summed E-state index contributed by atoms with van der Waals surface area (Å²) in [6, 6.07) is 15.2. The van der Waals surface area contributed by atoms with Crippen LogP contribution in [0.5, 0.6) is 5.75 Å². The quantitative estimate of drug-likeness (QED) is 0.209. The zero-order chi connectivity index (χ0) is 17.4. The van der Waals surface area contributed by atoms with Crippen LogP contribution in [-0.4, -0.2) is 23.5 Å². The van der Waals surface area contributed by atoms with Crippen molar-refractivity contribution in [2.75, 3.05) is 6.61 Å². The number of esters is 1. The summed E-state index contributed by atoms with van der Waals surface area (Å²) >= 11 is 0. The minimum absolute atomic E-state index is 0.0760. The van der Waals surface area contributed by atoms with Gasteiger partial charge in [0.15, 0.2) is 0 Å². The lowest BCUT2D eigenvalue weighted by molar-refractivity contribution is -0.138. The molecule has 2 aromatic carbocycles. The van der Waals surface area contributed by atoms with Crippen LogP contribution in [0.1, 0.15) is 35.7 Å². The Hall–Kier alpha value is -2.88. The first-order valence-electron chi connectivity index (χ1n) is 7.90. The van der Waals surface area contributed by atoms with Crippen molar-refractivity contribution < 1.29 is 19.4 Å². The number of phenols is 1. The third-order valence-corrected chi connectivity index (χ3v) is 3.45. The van der Waals surface area contributed by atoms with E-state index in [1.165, 1.54) is 18.2 Å². The van der Waals surface area contributed by atoms with E-state index in [1.54, 1.807) is 24.3 Å². The van der Waals surface area contributed by atoms with Gasteiger partial charge in [-0.1, -0.05) is 55.8 Å². The summed E-state index contributed by atoms with van der Waals surface area (Å²) in [4.78, 5) is 25.1. The molecule has 0 fully saturated rings. The highest BCUT2D eigenvalue weighted by Crippen LogP contribution is 2.22. The Balaban J connectivity index is 2.35. The average molecular weight is 324 g/mol. The number of benzene rings is 2. The van der Waals surface area contributed by atoms with E-state index in [0.29, 0.717) is 5.56 Å².